The molecule has 0 saturated carbocycles. The Morgan fingerprint density at radius 1 is 1.41 bits per heavy atom. The lowest BCUT2D eigenvalue weighted by molar-refractivity contribution is -0.123. The lowest BCUT2D eigenvalue weighted by Crippen LogP contribution is -2.36. The summed E-state index contributed by atoms with van der Waals surface area (Å²) in [7, 11) is 0. The molecule has 0 saturated heterocycles. The molecule has 1 atom stereocenters. The number of amides is 1. The molecule has 0 aromatic heterocycles. The van der Waals surface area contributed by atoms with Crippen molar-refractivity contribution < 1.29 is 9.53 Å². The Balaban J connectivity index is 2.21. The maximum absolute atomic E-state index is 11.5. The van der Waals surface area contributed by atoms with Gasteiger partial charge in [0.05, 0.1) is 0 Å². The number of carbonyl (C=O) groups is 1. The molecule has 0 spiro atoms. The maximum Gasteiger partial charge on any atom is 0.258 e. The Morgan fingerprint density at radius 2 is 2.12 bits per heavy atom. The van der Waals surface area contributed by atoms with Crippen molar-refractivity contribution in [3.63, 3.8) is 0 Å². The van der Waals surface area contributed by atoms with Gasteiger partial charge in [0.1, 0.15) is 5.75 Å². The van der Waals surface area contributed by atoms with E-state index >= 15 is 0 Å². The number of carbonyl (C=O) groups excluding carboxylic acids is 1. The Labute approximate surface area is 111 Å². The third-order valence-electron chi connectivity index (χ3n) is 2.29. The van der Waals surface area contributed by atoms with Crippen molar-refractivity contribution in [2.45, 2.75) is 25.8 Å². The van der Waals surface area contributed by atoms with E-state index in [2.05, 4.69) is 21.2 Å². The summed E-state index contributed by atoms with van der Waals surface area (Å²) in [5, 5.41) is 3.87. The van der Waals surface area contributed by atoms with Gasteiger partial charge in [0, 0.05) is 11.4 Å². The number of nitrogens with one attached hydrogen (secondary N) is 1. The molecule has 0 radical (unpaired) electrons. The zero-order chi connectivity index (χ0) is 12.5. The monoisotopic (exact) mass is 299 g/mol. The van der Waals surface area contributed by atoms with Crippen LogP contribution in [-0.4, -0.2) is 23.9 Å². The van der Waals surface area contributed by atoms with E-state index in [1.54, 1.807) is 0 Å². The number of rotatable bonds is 7. The second-order valence-electron chi connectivity index (χ2n) is 3.90. The third-order valence-corrected chi connectivity index (χ3v) is 2.85. The van der Waals surface area contributed by atoms with Crippen molar-refractivity contribution in [3.8, 4) is 5.75 Å². The van der Waals surface area contributed by atoms with Crippen LogP contribution in [0.3, 0.4) is 0 Å². The zero-order valence-corrected chi connectivity index (χ0v) is 11.6. The first-order valence-corrected chi connectivity index (χ1v) is 6.87. The standard InChI is InChI=1S/C13H18BrNO2/c1-11(6-5-9-14)15-13(16)10-17-12-7-3-2-4-8-12/h2-4,7-8,11H,5-6,9-10H2,1H3,(H,15,16). The van der Waals surface area contributed by atoms with Crippen LogP contribution in [0.2, 0.25) is 0 Å². The lowest BCUT2D eigenvalue weighted by Gasteiger charge is -2.13. The first-order chi connectivity index (χ1) is 8.22. The highest BCUT2D eigenvalue weighted by Gasteiger charge is 2.07. The minimum Gasteiger partial charge on any atom is -0.484 e. The largest absolute Gasteiger partial charge is 0.484 e. The molecular weight excluding hydrogens is 282 g/mol. The topological polar surface area (TPSA) is 38.3 Å². The van der Waals surface area contributed by atoms with E-state index < -0.39 is 0 Å². The molecule has 94 valence electrons. The first-order valence-electron chi connectivity index (χ1n) is 5.75. The average Bonchev–Trinajstić information content (AvgIpc) is 2.35. The molecule has 1 amide bonds. The smallest absolute Gasteiger partial charge is 0.258 e. The summed E-state index contributed by atoms with van der Waals surface area (Å²) in [6.45, 7) is 2.08. The molecule has 0 aliphatic carbocycles. The van der Waals surface area contributed by atoms with Crippen LogP contribution in [0.4, 0.5) is 0 Å². The van der Waals surface area contributed by atoms with Crippen LogP contribution in [-0.2, 0) is 4.79 Å². The molecule has 0 bridgehead atoms. The van der Waals surface area contributed by atoms with Crippen molar-refractivity contribution >= 4 is 21.8 Å². The molecule has 0 fully saturated rings. The van der Waals surface area contributed by atoms with Gasteiger partial charge in [-0.25, -0.2) is 0 Å². The summed E-state index contributed by atoms with van der Waals surface area (Å²) in [5.41, 5.74) is 0. The third kappa shape index (κ3) is 6.31. The molecule has 1 aromatic rings. The van der Waals surface area contributed by atoms with E-state index in [-0.39, 0.29) is 18.6 Å². The average molecular weight is 300 g/mol. The van der Waals surface area contributed by atoms with Gasteiger partial charge in [-0.3, -0.25) is 4.79 Å². The zero-order valence-electron chi connectivity index (χ0n) is 9.99. The number of benzene rings is 1. The van der Waals surface area contributed by atoms with Gasteiger partial charge < -0.3 is 10.1 Å². The fourth-order valence-corrected chi connectivity index (χ4v) is 1.76. The van der Waals surface area contributed by atoms with Crippen molar-refractivity contribution in [1.82, 2.24) is 5.32 Å². The van der Waals surface area contributed by atoms with E-state index in [1.807, 2.05) is 37.3 Å². The molecule has 3 nitrogen and oxygen atoms in total. The molecule has 1 aromatic carbocycles. The van der Waals surface area contributed by atoms with Gasteiger partial charge in [0.2, 0.25) is 0 Å². The first kappa shape index (κ1) is 14.0. The molecule has 1 rings (SSSR count). The molecule has 0 heterocycles. The molecule has 4 heteroatoms. The Morgan fingerprint density at radius 3 is 2.76 bits per heavy atom. The normalized spacial score (nSPS) is 11.9. The van der Waals surface area contributed by atoms with Crippen LogP contribution in [0.15, 0.2) is 30.3 Å². The lowest BCUT2D eigenvalue weighted by atomic mass is 10.2. The number of halogens is 1. The summed E-state index contributed by atoms with van der Waals surface area (Å²) in [6.07, 6.45) is 2.03. The molecular formula is C13H18BrNO2. The Kier molecular flexibility index (Phi) is 6.70. The van der Waals surface area contributed by atoms with Crippen LogP contribution >= 0.6 is 15.9 Å². The van der Waals surface area contributed by atoms with Gasteiger partial charge in [0.25, 0.3) is 5.91 Å². The molecule has 1 unspecified atom stereocenters. The molecule has 0 aliphatic heterocycles. The highest BCUT2D eigenvalue weighted by Crippen LogP contribution is 2.07. The van der Waals surface area contributed by atoms with Crippen molar-refractivity contribution in [1.29, 1.82) is 0 Å². The van der Waals surface area contributed by atoms with Gasteiger partial charge in [-0.1, -0.05) is 34.1 Å². The summed E-state index contributed by atoms with van der Waals surface area (Å²) >= 11 is 3.37. The van der Waals surface area contributed by atoms with E-state index in [0.29, 0.717) is 0 Å². The molecule has 1 N–H and O–H groups in total. The fraction of sp³-hybridized carbons (Fsp3) is 0.462. The van der Waals surface area contributed by atoms with E-state index in [9.17, 15) is 4.79 Å². The second-order valence-corrected chi connectivity index (χ2v) is 4.69. The van der Waals surface area contributed by atoms with Gasteiger partial charge in [-0.2, -0.15) is 0 Å². The van der Waals surface area contributed by atoms with Crippen molar-refractivity contribution in [3.05, 3.63) is 30.3 Å². The van der Waals surface area contributed by atoms with Gasteiger partial charge in [-0.05, 0) is 31.9 Å². The van der Waals surface area contributed by atoms with Crippen molar-refractivity contribution in [2.75, 3.05) is 11.9 Å². The van der Waals surface area contributed by atoms with Crippen molar-refractivity contribution in [2.24, 2.45) is 0 Å². The van der Waals surface area contributed by atoms with Gasteiger partial charge in [0.15, 0.2) is 6.61 Å². The van der Waals surface area contributed by atoms with Crippen LogP contribution in [0.1, 0.15) is 19.8 Å². The highest BCUT2D eigenvalue weighted by molar-refractivity contribution is 9.09. The number of hydrogen-bond donors (Lipinski definition) is 1. The minimum atomic E-state index is -0.0732. The van der Waals surface area contributed by atoms with Crippen LogP contribution < -0.4 is 10.1 Å². The van der Waals surface area contributed by atoms with Crippen LogP contribution in [0.5, 0.6) is 5.75 Å². The van der Waals surface area contributed by atoms with E-state index in [1.165, 1.54) is 0 Å². The summed E-state index contributed by atoms with van der Waals surface area (Å²) in [4.78, 5) is 11.5. The predicted octanol–water partition coefficient (Wildman–Crippen LogP) is 2.75. The fourth-order valence-electron chi connectivity index (χ4n) is 1.44. The number of ether oxygens (including phenoxy) is 1. The highest BCUT2D eigenvalue weighted by atomic mass is 79.9. The summed E-state index contributed by atoms with van der Waals surface area (Å²) < 4.78 is 5.35. The summed E-state index contributed by atoms with van der Waals surface area (Å²) in [6, 6.07) is 9.54. The number of hydrogen-bond acceptors (Lipinski definition) is 2. The number of alkyl halides is 1. The SMILES string of the molecule is CC(CCCBr)NC(=O)COc1ccccc1. The van der Waals surface area contributed by atoms with E-state index in [4.69, 9.17) is 4.74 Å². The van der Waals surface area contributed by atoms with Gasteiger partial charge >= 0.3 is 0 Å². The summed E-state index contributed by atoms with van der Waals surface area (Å²) in [5.74, 6) is 0.645. The Hall–Kier alpha value is -1.03. The molecule has 17 heavy (non-hydrogen) atoms. The predicted molar refractivity (Wildman–Crippen MR) is 72.6 cm³/mol. The maximum atomic E-state index is 11.5. The minimum absolute atomic E-state index is 0.0721. The van der Waals surface area contributed by atoms with Crippen LogP contribution in [0.25, 0.3) is 0 Å². The van der Waals surface area contributed by atoms with E-state index in [0.717, 1.165) is 23.9 Å². The Bertz CT molecular complexity index is 329. The second kappa shape index (κ2) is 8.12. The van der Waals surface area contributed by atoms with Crippen LogP contribution in [0, 0.1) is 0 Å². The van der Waals surface area contributed by atoms with Gasteiger partial charge in [-0.15, -0.1) is 0 Å². The number of para-hydroxylation sites is 1. The molecule has 0 aliphatic rings. The quantitative estimate of drug-likeness (QED) is 0.786.